The number of rotatable bonds is 4. The molecule has 0 heterocycles. The molecule has 0 aliphatic carbocycles. The zero-order valence-corrected chi connectivity index (χ0v) is 14.5. The van der Waals surface area contributed by atoms with Crippen molar-refractivity contribution in [1.82, 2.24) is 0 Å². The third kappa shape index (κ3) is 4.22. The van der Waals surface area contributed by atoms with Crippen LogP contribution in [0.3, 0.4) is 0 Å². The first-order chi connectivity index (χ1) is 9.97. The van der Waals surface area contributed by atoms with Crippen molar-refractivity contribution in [3.05, 3.63) is 50.9 Å². The molecule has 0 saturated carbocycles. The third-order valence-corrected chi connectivity index (χ3v) is 4.05. The molecule has 3 N–H and O–H groups in total. The Hall–Kier alpha value is -1.53. The number of halogens is 2. The molecule has 0 atom stereocenters. The number of para-hydroxylation sites is 1. The molecule has 0 bridgehead atoms. The summed E-state index contributed by atoms with van der Waals surface area (Å²) >= 11 is 6.76. The number of amides is 1. The average molecular weight is 414 g/mol. The minimum absolute atomic E-state index is 0.0878. The fraction of sp³-hybridized carbons (Fsp3) is 0.133. The van der Waals surface area contributed by atoms with Gasteiger partial charge in [0.05, 0.1) is 8.95 Å². The molecule has 2 aromatic carbocycles. The van der Waals surface area contributed by atoms with Crippen molar-refractivity contribution in [1.29, 1.82) is 0 Å². The molecule has 0 aliphatic heterocycles. The topological polar surface area (TPSA) is 64.3 Å². The van der Waals surface area contributed by atoms with Crippen molar-refractivity contribution in [2.24, 2.45) is 0 Å². The van der Waals surface area contributed by atoms with Crippen LogP contribution in [-0.4, -0.2) is 12.5 Å². The van der Waals surface area contributed by atoms with Crippen molar-refractivity contribution < 1.29 is 9.53 Å². The van der Waals surface area contributed by atoms with Crippen LogP contribution in [-0.2, 0) is 4.79 Å². The van der Waals surface area contributed by atoms with Gasteiger partial charge in [0.15, 0.2) is 6.61 Å². The summed E-state index contributed by atoms with van der Waals surface area (Å²) in [6.45, 7) is 1.82. The van der Waals surface area contributed by atoms with Gasteiger partial charge in [0, 0.05) is 11.4 Å². The molecule has 21 heavy (non-hydrogen) atoms. The van der Waals surface area contributed by atoms with E-state index in [9.17, 15) is 4.79 Å². The number of carbonyl (C=O) groups is 1. The zero-order valence-electron chi connectivity index (χ0n) is 11.3. The molecule has 1 amide bonds. The predicted molar refractivity (Wildman–Crippen MR) is 91.6 cm³/mol. The summed E-state index contributed by atoms with van der Waals surface area (Å²) < 4.78 is 7.10. The molecule has 2 aromatic rings. The first kappa shape index (κ1) is 15.9. The molecular weight excluding hydrogens is 400 g/mol. The fourth-order valence-electron chi connectivity index (χ4n) is 1.72. The van der Waals surface area contributed by atoms with Crippen LogP contribution in [0.5, 0.6) is 5.75 Å². The normalized spacial score (nSPS) is 10.2. The van der Waals surface area contributed by atoms with Gasteiger partial charge in [0.25, 0.3) is 5.91 Å². The number of ether oxygens (including phenoxy) is 1. The van der Waals surface area contributed by atoms with Gasteiger partial charge in [0.1, 0.15) is 5.75 Å². The Labute approximate surface area is 139 Å². The molecule has 0 unspecified atom stereocenters. The minimum Gasteiger partial charge on any atom is -0.481 e. The monoisotopic (exact) mass is 412 g/mol. The third-order valence-electron chi connectivity index (χ3n) is 2.80. The molecule has 4 nitrogen and oxygen atoms in total. The quantitative estimate of drug-likeness (QED) is 0.741. The summed E-state index contributed by atoms with van der Waals surface area (Å²) in [6, 6.07) is 10.9. The summed E-state index contributed by atoms with van der Waals surface area (Å²) in [6.07, 6.45) is 0. The van der Waals surface area contributed by atoms with Crippen LogP contribution in [0.2, 0.25) is 0 Å². The lowest BCUT2D eigenvalue weighted by molar-refractivity contribution is -0.118. The number of nitrogens with one attached hydrogen (secondary N) is 1. The van der Waals surface area contributed by atoms with Gasteiger partial charge in [-0.3, -0.25) is 4.79 Å². The van der Waals surface area contributed by atoms with Crippen molar-refractivity contribution >= 4 is 49.1 Å². The number of benzene rings is 2. The summed E-state index contributed by atoms with van der Waals surface area (Å²) in [5.74, 6) is 0.350. The number of aryl methyl sites for hydroxylation is 1. The number of carbonyl (C=O) groups excluding carboxylic acids is 1. The van der Waals surface area contributed by atoms with E-state index < -0.39 is 0 Å². The number of nitrogen functional groups attached to an aromatic ring is 1. The van der Waals surface area contributed by atoms with E-state index in [4.69, 9.17) is 10.5 Å². The van der Waals surface area contributed by atoms with Crippen LogP contribution in [0.25, 0.3) is 0 Å². The molecule has 6 heteroatoms. The van der Waals surface area contributed by atoms with Gasteiger partial charge in [-0.1, -0.05) is 12.1 Å². The molecule has 110 valence electrons. The van der Waals surface area contributed by atoms with Crippen molar-refractivity contribution in [3.8, 4) is 5.75 Å². The Kier molecular flexibility index (Phi) is 5.25. The Morgan fingerprint density at radius 1 is 1.24 bits per heavy atom. The molecule has 2 rings (SSSR count). The number of nitrogens with two attached hydrogens (primary N) is 1. The highest BCUT2D eigenvalue weighted by atomic mass is 79.9. The smallest absolute Gasteiger partial charge is 0.262 e. The number of hydrogen-bond donors (Lipinski definition) is 2. The average Bonchev–Trinajstić information content (AvgIpc) is 2.42. The maximum Gasteiger partial charge on any atom is 0.262 e. The van der Waals surface area contributed by atoms with Gasteiger partial charge in [-0.05, 0) is 68.6 Å². The van der Waals surface area contributed by atoms with E-state index in [0.717, 1.165) is 14.5 Å². The molecule has 0 aromatic heterocycles. The van der Waals surface area contributed by atoms with Gasteiger partial charge >= 0.3 is 0 Å². The van der Waals surface area contributed by atoms with E-state index >= 15 is 0 Å². The lowest BCUT2D eigenvalue weighted by Crippen LogP contribution is -2.21. The van der Waals surface area contributed by atoms with Crippen LogP contribution >= 0.6 is 31.9 Å². The highest BCUT2D eigenvalue weighted by molar-refractivity contribution is 9.11. The fourth-order valence-corrected chi connectivity index (χ4v) is 2.95. The Bertz CT molecular complexity index is 654. The SMILES string of the molecule is Cc1ccc(N)cc1NC(=O)COc1c(Br)cccc1Br. The maximum absolute atomic E-state index is 12.0. The standard InChI is InChI=1S/C15H14Br2N2O2/c1-9-5-6-10(18)7-13(9)19-14(20)8-21-15-11(16)3-2-4-12(15)17/h2-7H,8,18H2,1H3,(H,19,20). The van der Waals surface area contributed by atoms with Crippen molar-refractivity contribution in [3.63, 3.8) is 0 Å². The molecular formula is C15H14Br2N2O2. The second-order valence-corrected chi connectivity index (χ2v) is 6.17. The van der Waals surface area contributed by atoms with Crippen LogP contribution in [0.15, 0.2) is 45.3 Å². The minimum atomic E-state index is -0.244. The van der Waals surface area contributed by atoms with Gasteiger partial charge in [-0.25, -0.2) is 0 Å². The molecule has 0 radical (unpaired) electrons. The van der Waals surface area contributed by atoms with E-state index in [1.807, 2.05) is 31.2 Å². The van der Waals surface area contributed by atoms with Gasteiger partial charge in [-0.2, -0.15) is 0 Å². The predicted octanol–water partition coefficient (Wildman–Crippen LogP) is 4.12. The van der Waals surface area contributed by atoms with E-state index in [-0.39, 0.29) is 12.5 Å². The molecule has 0 spiro atoms. The first-order valence-electron chi connectivity index (χ1n) is 6.20. The van der Waals surface area contributed by atoms with Crippen LogP contribution < -0.4 is 15.8 Å². The number of anilines is 2. The highest BCUT2D eigenvalue weighted by Gasteiger charge is 2.10. The van der Waals surface area contributed by atoms with E-state index in [1.54, 1.807) is 12.1 Å². The first-order valence-corrected chi connectivity index (χ1v) is 7.79. The molecule has 0 aliphatic rings. The summed E-state index contributed by atoms with van der Waals surface area (Å²) in [4.78, 5) is 12.0. The number of hydrogen-bond acceptors (Lipinski definition) is 3. The second kappa shape index (κ2) is 6.95. The lowest BCUT2D eigenvalue weighted by atomic mass is 10.2. The summed E-state index contributed by atoms with van der Waals surface area (Å²) in [7, 11) is 0. The summed E-state index contributed by atoms with van der Waals surface area (Å²) in [5.41, 5.74) is 7.95. The second-order valence-electron chi connectivity index (χ2n) is 4.46. The van der Waals surface area contributed by atoms with E-state index in [1.165, 1.54) is 0 Å². The Morgan fingerprint density at radius 3 is 2.57 bits per heavy atom. The van der Waals surface area contributed by atoms with Crippen molar-refractivity contribution in [2.45, 2.75) is 6.92 Å². The Balaban J connectivity index is 2.01. The van der Waals surface area contributed by atoms with Gasteiger partial charge < -0.3 is 15.8 Å². The van der Waals surface area contributed by atoms with Crippen molar-refractivity contribution in [2.75, 3.05) is 17.7 Å². The van der Waals surface area contributed by atoms with Crippen LogP contribution in [0.4, 0.5) is 11.4 Å². The van der Waals surface area contributed by atoms with Crippen LogP contribution in [0, 0.1) is 6.92 Å². The molecule has 0 saturated heterocycles. The van der Waals surface area contributed by atoms with E-state index in [2.05, 4.69) is 37.2 Å². The summed E-state index contributed by atoms with van der Waals surface area (Å²) in [5, 5.41) is 2.79. The van der Waals surface area contributed by atoms with Gasteiger partial charge in [-0.15, -0.1) is 0 Å². The van der Waals surface area contributed by atoms with Gasteiger partial charge in [0.2, 0.25) is 0 Å². The highest BCUT2D eigenvalue weighted by Crippen LogP contribution is 2.32. The zero-order chi connectivity index (χ0) is 15.4. The van der Waals surface area contributed by atoms with E-state index in [0.29, 0.717) is 17.1 Å². The Morgan fingerprint density at radius 2 is 1.90 bits per heavy atom. The largest absolute Gasteiger partial charge is 0.481 e. The van der Waals surface area contributed by atoms with Crippen LogP contribution in [0.1, 0.15) is 5.56 Å². The maximum atomic E-state index is 12.0. The molecule has 0 fully saturated rings. The lowest BCUT2D eigenvalue weighted by Gasteiger charge is -2.12.